The van der Waals surface area contributed by atoms with Crippen LogP contribution in [0.3, 0.4) is 0 Å². The molecule has 9 heteroatoms. The molecule has 3 aliphatic heterocycles. The molecular formula is C23H20AsBrF2N3O2. The quantitative estimate of drug-likeness (QED) is 0.355. The molecule has 0 spiro atoms. The molecule has 32 heavy (non-hydrogen) atoms. The minimum atomic E-state index is -0.835. The number of benzene rings is 2. The number of piperazine rings is 1. The van der Waals surface area contributed by atoms with Gasteiger partial charge in [-0.25, -0.2) is 0 Å². The van der Waals surface area contributed by atoms with Gasteiger partial charge in [0.15, 0.2) is 0 Å². The first kappa shape index (κ1) is 21.8. The second-order valence-electron chi connectivity index (χ2n) is 8.18. The maximum absolute atomic E-state index is 15.0. The van der Waals surface area contributed by atoms with Gasteiger partial charge in [0.2, 0.25) is 0 Å². The van der Waals surface area contributed by atoms with Crippen LogP contribution in [0.25, 0.3) is 5.57 Å². The summed E-state index contributed by atoms with van der Waals surface area (Å²) in [5.74, 6) is -2.07. The summed E-state index contributed by atoms with van der Waals surface area (Å²) in [6, 6.07) is 8.21. The van der Waals surface area contributed by atoms with Crippen LogP contribution in [-0.4, -0.2) is 64.7 Å². The fourth-order valence-electron chi connectivity index (χ4n) is 4.69. The van der Waals surface area contributed by atoms with Gasteiger partial charge in [-0.15, -0.1) is 0 Å². The number of fused-ring (bicyclic) bond motifs is 2. The summed E-state index contributed by atoms with van der Waals surface area (Å²) in [6.45, 7) is 3.15. The van der Waals surface area contributed by atoms with E-state index >= 15 is 0 Å². The molecule has 5 nitrogen and oxygen atoms in total. The van der Waals surface area contributed by atoms with Gasteiger partial charge in [0.1, 0.15) is 0 Å². The predicted octanol–water partition coefficient (Wildman–Crippen LogP) is 2.65. The standard InChI is InChI=1S/C23H20AsBrF2N3O2/c25-14-3-4-16-17(10-14)18(23(32)28-22(16)31)11-24-13-8-19(26)21(20(27)9-13)30-7-6-29-5-1-2-15(29)12-30/h3-4,8-11,15H,1-2,5-7,12H2,(H,28,31,32)/b18-11-/t15-/m0/s1. The molecule has 1 radical (unpaired) electrons. The first-order chi connectivity index (χ1) is 15.4. The van der Waals surface area contributed by atoms with Crippen molar-refractivity contribution in [3.05, 3.63) is 62.4 Å². The Labute approximate surface area is 199 Å². The van der Waals surface area contributed by atoms with E-state index in [0.717, 1.165) is 30.4 Å². The zero-order chi connectivity index (χ0) is 22.4. The monoisotopic (exact) mass is 562 g/mol. The number of amides is 2. The molecule has 2 aromatic carbocycles. The van der Waals surface area contributed by atoms with Gasteiger partial charge in [0.05, 0.1) is 0 Å². The molecule has 1 N–H and O–H groups in total. The molecule has 0 saturated carbocycles. The van der Waals surface area contributed by atoms with Crippen LogP contribution in [-0.2, 0) is 4.79 Å². The molecule has 0 aromatic heterocycles. The average Bonchev–Trinajstić information content (AvgIpc) is 3.21. The fraction of sp³-hybridized carbons (Fsp3) is 0.304. The molecule has 2 fully saturated rings. The van der Waals surface area contributed by atoms with Crippen LogP contribution in [0.4, 0.5) is 14.5 Å². The van der Waals surface area contributed by atoms with Crippen molar-refractivity contribution < 1.29 is 18.4 Å². The summed E-state index contributed by atoms with van der Waals surface area (Å²) < 4.78 is 31.2. The number of imide groups is 1. The van der Waals surface area contributed by atoms with E-state index in [1.807, 2.05) is 4.90 Å². The Balaban J connectivity index is 1.40. The van der Waals surface area contributed by atoms with Crippen molar-refractivity contribution in [2.75, 3.05) is 31.1 Å². The van der Waals surface area contributed by atoms with Gasteiger partial charge >= 0.3 is 200 Å². The van der Waals surface area contributed by atoms with Crippen LogP contribution in [0.2, 0.25) is 0 Å². The van der Waals surface area contributed by atoms with Crippen LogP contribution in [0, 0.1) is 11.6 Å². The minimum absolute atomic E-state index is 0.0458. The molecule has 1 atom stereocenters. The molecule has 2 aromatic rings. The molecular weight excluding hydrogens is 543 g/mol. The number of nitrogens with one attached hydrogen (secondary N) is 1. The summed E-state index contributed by atoms with van der Waals surface area (Å²) in [6.07, 6.45) is 2.21. The van der Waals surface area contributed by atoms with Gasteiger partial charge in [0.25, 0.3) is 0 Å². The Morgan fingerprint density at radius 2 is 1.81 bits per heavy atom. The summed E-state index contributed by atoms with van der Waals surface area (Å²) in [7, 11) is 0. The van der Waals surface area contributed by atoms with Crippen molar-refractivity contribution in [1.29, 1.82) is 0 Å². The molecule has 2 amide bonds. The van der Waals surface area contributed by atoms with Crippen molar-refractivity contribution in [3.63, 3.8) is 0 Å². The molecule has 3 aliphatic rings. The van der Waals surface area contributed by atoms with Crippen LogP contribution in [0.15, 0.2) is 39.7 Å². The topological polar surface area (TPSA) is 52.7 Å². The van der Waals surface area contributed by atoms with E-state index in [1.54, 1.807) is 23.1 Å². The SMILES string of the molecule is O=C1NC(=O)c2ccc(Br)cc2/C1=C/[As]c1cc(F)c(N2CCN3CCC[C@H]3C2)c(F)c1. The van der Waals surface area contributed by atoms with E-state index in [2.05, 4.69) is 26.1 Å². The third-order valence-corrected chi connectivity index (χ3v) is 8.71. The van der Waals surface area contributed by atoms with Crippen molar-refractivity contribution >= 4 is 59.1 Å². The van der Waals surface area contributed by atoms with Gasteiger partial charge in [-0.1, -0.05) is 0 Å². The van der Waals surface area contributed by atoms with Crippen molar-refractivity contribution in [1.82, 2.24) is 10.2 Å². The van der Waals surface area contributed by atoms with E-state index in [9.17, 15) is 18.4 Å². The molecule has 5 rings (SSSR count). The third-order valence-electron chi connectivity index (χ3n) is 6.24. The Morgan fingerprint density at radius 1 is 1.03 bits per heavy atom. The second-order valence-corrected chi connectivity index (χ2v) is 11.3. The zero-order valence-electron chi connectivity index (χ0n) is 17.1. The Hall–Kier alpha value is -2.02. The predicted molar refractivity (Wildman–Crippen MR) is 123 cm³/mol. The van der Waals surface area contributed by atoms with Gasteiger partial charge in [-0.2, -0.15) is 0 Å². The molecule has 165 valence electrons. The first-order valence-electron chi connectivity index (χ1n) is 10.5. The Morgan fingerprint density at radius 3 is 2.59 bits per heavy atom. The fourth-order valence-corrected chi connectivity index (χ4v) is 6.96. The molecule has 3 heterocycles. The number of rotatable bonds is 3. The Bertz CT molecular complexity index is 1130. The summed E-state index contributed by atoms with van der Waals surface area (Å²) in [5.41, 5.74) is 1.32. The summed E-state index contributed by atoms with van der Waals surface area (Å²) >= 11 is 2.53. The summed E-state index contributed by atoms with van der Waals surface area (Å²) in [5, 5.41) is 2.33. The Kier molecular flexibility index (Phi) is 5.95. The average molecular weight is 563 g/mol. The van der Waals surface area contributed by atoms with Crippen molar-refractivity contribution in [3.8, 4) is 0 Å². The van der Waals surface area contributed by atoms with Gasteiger partial charge in [-0.3, -0.25) is 0 Å². The second kappa shape index (κ2) is 8.73. The first-order valence-corrected chi connectivity index (χ1v) is 13.3. The van der Waals surface area contributed by atoms with Gasteiger partial charge in [-0.05, 0) is 0 Å². The van der Waals surface area contributed by atoms with E-state index in [-0.39, 0.29) is 5.69 Å². The molecule has 0 bridgehead atoms. The van der Waals surface area contributed by atoms with E-state index in [0.29, 0.717) is 40.2 Å². The molecule has 0 aliphatic carbocycles. The van der Waals surface area contributed by atoms with Crippen LogP contribution in [0.1, 0.15) is 28.8 Å². The normalized spacial score (nSPS) is 22.5. The van der Waals surface area contributed by atoms with Crippen molar-refractivity contribution in [2.24, 2.45) is 0 Å². The van der Waals surface area contributed by atoms with E-state index < -0.39 is 39.2 Å². The number of hydrogen-bond acceptors (Lipinski definition) is 4. The third kappa shape index (κ3) is 4.04. The number of halogens is 3. The van der Waals surface area contributed by atoms with Gasteiger partial charge in [0, 0.05) is 0 Å². The van der Waals surface area contributed by atoms with E-state index in [1.165, 1.54) is 12.1 Å². The van der Waals surface area contributed by atoms with Gasteiger partial charge < -0.3 is 0 Å². The number of nitrogens with zero attached hydrogens (tertiary/aromatic N) is 2. The van der Waals surface area contributed by atoms with Crippen molar-refractivity contribution in [2.45, 2.75) is 18.9 Å². The number of carbonyl (C=O) groups is 2. The van der Waals surface area contributed by atoms with E-state index in [4.69, 9.17) is 0 Å². The number of anilines is 1. The molecule has 2 saturated heterocycles. The number of hydrogen-bond donors (Lipinski definition) is 1. The number of carbonyl (C=O) groups excluding carboxylic acids is 2. The van der Waals surface area contributed by atoms with Crippen LogP contribution in [0.5, 0.6) is 0 Å². The molecule has 0 unspecified atom stereocenters. The van der Waals surface area contributed by atoms with Crippen LogP contribution < -0.4 is 14.6 Å². The summed E-state index contributed by atoms with van der Waals surface area (Å²) in [4.78, 5) is 30.4. The zero-order valence-corrected chi connectivity index (χ0v) is 20.5. The maximum atomic E-state index is 15.0. The van der Waals surface area contributed by atoms with Crippen LogP contribution >= 0.6 is 15.9 Å².